The van der Waals surface area contributed by atoms with Crippen LogP contribution in [0, 0.1) is 11.2 Å². The van der Waals surface area contributed by atoms with Crippen molar-refractivity contribution >= 4 is 39.8 Å². The number of rotatable bonds is 8. The van der Waals surface area contributed by atoms with E-state index < -0.39 is 17.1 Å². The zero-order chi connectivity index (χ0) is 26.7. The van der Waals surface area contributed by atoms with Gasteiger partial charge in [0.25, 0.3) is 0 Å². The Morgan fingerprint density at radius 1 is 0.921 bits per heavy atom. The van der Waals surface area contributed by atoms with Crippen LogP contribution < -0.4 is 15.4 Å². The maximum Gasteiger partial charge on any atom is 0.240 e. The van der Waals surface area contributed by atoms with Gasteiger partial charge in [0.1, 0.15) is 29.8 Å². The first kappa shape index (κ1) is 24.9. The van der Waals surface area contributed by atoms with Crippen molar-refractivity contribution in [1.82, 2.24) is 4.98 Å². The van der Waals surface area contributed by atoms with Crippen LogP contribution in [0.5, 0.6) is 11.5 Å². The number of anilines is 2. The summed E-state index contributed by atoms with van der Waals surface area (Å²) in [5.74, 6) is 0.0245. The molecule has 1 aromatic heterocycles. The lowest BCUT2D eigenvalue weighted by Crippen LogP contribution is -2.35. The van der Waals surface area contributed by atoms with E-state index in [9.17, 15) is 14.0 Å². The van der Waals surface area contributed by atoms with Crippen LogP contribution in [0.4, 0.5) is 15.8 Å². The molecule has 0 spiro atoms. The van der Waals surface area contributed by atoms with E-state index in [1.165, 1.54) is 31.4 Å². The van der Waals surface area contributed by atoms with E-state index in [1.54, 1.807) is 36.5 Å². The summed E-state index contributed by atoms with van der Waals surface area (Å²) in [5.41, 5.74) is 2.23. The number of carbonyl (C=O) groups excluding carboxylic acids is 2. The van der Waals surface area contributed by atoms with Gasteiger partial charge < -0.3 is 20.2 Å². The number of benzene rings is 3. The Balaban J connectivity index is 1.25. The fourth-order valence-electron chi connectivity index (χ4n) is 4.08. The maximum absolute atomic E-state index is 13.1. The number of ether oxygens (including phenoxy) is 1. The van der Waals surface area contributed by atoms with E-state index in [0.29, 0.717) is 35.7 Å². The minimum Gasteiger partial charge on any atom is -0.457 e. The highest BCUT2D eigenvalue weighted by Gasteiger charge is 2.56. The number of pyridine rings is 1. The molecule has 9 heteroatoms. The standard InChI is InChI=1S/C29H25FN4O4/c1-18(34-37-2)19-3-12-24-25(17-19)31-16-13-26(24)38-23-10-8-22(9-11-23)33-28(36)29(14-15-29)27(35)32-21-6-4-20(30)5-7-21/h3-13,16-17H,14-15H2,1-2H3,(H,32,35)(H,33,36)/b34-18+. The van der Waals surface area contributed by atoms with Crippen molar-refractivity contribution in [2.24, 2.45) is 10.6 Å². The monoisotopic (exact) mass is 512 g/mol. The quantitative estimate of drug-likeness (QED) is 0.174. The number of halogens is 1. The van der Waals surface area contributed by atoms with Crippen LogP contribution in [0.15, 0.2) is 84.1 Å². The molecule has 1 fully saturated rings. The second kappa shape index (κ2) is 10.3. The summed E-state index contributed by atoms with van der Waals surface area (Å²) < 4.78 is 19.2. The number of oxime groups is 1. The first-order valence-electron chi connectivity index (χ1n) is 12.0. The Morgan fingerprint density at radius 3 is 2.16 bits per heavy atom. The molecule has 2 amide bonds. The maximum atomic E-state index is 13.1. The summed E-state index contributed by atoms with van der Waals surface area (Å²) >= 11 is 0. The Kier molecular flexibility index (Phi) is 6.74. The average Bonchev–Trinajstić information content (AvgIpc) is 3.74. The summed E-state index contributed by atoms with van der Waals surface area (Å²) in [7, 11) is 1.50. The molecular formula is C29H25FN4O4. The van der Waals surface area contributed by atoms with Gasteiger partial charge in [-0.1, -0.05) is 11.2 Å². The Bertz CT molecular complexity index is 1530. The third-order valence-corrected chi connectivity index (χ3v) is 6.41. The number of amides is 2. The van der Waals surface area contributed by atoms with Crippen LogP contribution >= 0.6 is 0 Å². The minimum atomic E-state index is -1.13. The van der Waals surface area contributed by atoms with Gasteiger partial charge in [0.2, 0.25) is 11.8 Å². The molecule has 8 nitrogen and oxygen atoms in total. The van der Waals surface area contributed by atoms with Gasteiger partial charge in [0.15, 0.2) is 0 Å². The Hall–Kier alpha value is -4.79. The third-order valence-electron chi connectivity index (χ3n) is 6.41. The zero-order valence-corrected chi connectivity index (χ0v) is 20.8. The van der Waals surface area contributed by atoms with Crippen molar-refractivity contribution in [3.05, 3.63) is 90.4 Å². The van der Waals surface area contributed by atoms with Crippen molar-refractivity contribution in [2.45, 2.75) is 19.8 Å². The molecule has 2 N–H and O–H groups in total. The second-order valence-electron chi connectivity index (χ2n) is 9.02. The van der Waals surface area contributed by atoms with Crippen molar-refractivity contribution in [1.29, 1.82) is 0 Å². The molecule has 0 radical (unpaired) electrons. The van der Waals surface area contributed by atoms with Crippen LogP contribution in [0.25, 0.3) is 10.9 Å². The van der Waals surface area contributed by atoms with Gasteiger partial charge in [0, 0.05) is 28.5 Å². The van der Waals surface area contributed by atoms with Crippen LogP contribution in [-0.4, -0.2) is 29.6 Å². The number of fused-ring (bicyclic) bond motifs is 1. The van der Waals surface area contributed by atoms with E-state index >= 15 is 0 Å². The summed E-state index contributed by atoms with van der Waals surface area (Å²) in [6.07, 6.45) is 2.56. The lowest BCUT2D eigenvalue weighted by atomic mass is 10.0. The van der Waals surface area contributed by atoms with Crippen molar-refractivity contribution in [3.63, 3.8) is 0 Å². The fourth-order valence-corrected chi connectivity index (χ4v) is 4.08. The van der Waals surface area contributed by atoms with E-state index in [1.807, 2.05) is 25.1 Å². The highest BCUT2D eigenvalue weighted by molar-refractivity contribution is 6.16. The van der Waals surface area contributed by atoms with Gasteiger partial charge in [-0.2, -0.15) is 0 Å². The van der Waals surface area contributed by atoms with Crippen molar-refractivity contribution < 1.29 is 23.6 Å². The van der Waals surface area contributed by atoms with E-state index in [-0.39, 0.29) is 5.91 Å². The summed E-state index contributed by atoms with van der Waals surface area (Å²) in [4.78, 5) is 35.0. The molecule has 192 valence electrons. The molecule has 0 aliphatic heterocycles. The Morgan fingerprint density at radius 2 is 1.55 bits per heavy atom. The highest BCUT2D eigenvalue weighted by atomic mass is 19.1. The molecule has 0 unspecified atom stereocenters. The molecule has 0 saturated heterocycles. The van der Waals surface area contributed by atoms with E-state index in [4.69, 9.17) is 9.57 Å². The Labute approximate surface area is 218 Å². The van der Waals surface area contributed by atoms with Crippen LogP contribution in [0.1, 0.15) is 25.3 Å². The highest BCUT2D eigenvalue weighted by Crippen LogP contribution is 2.47. The molecule has 0 bridgehead atoms. The molecule has 1 heterocycles. The molecule has 38 heavy (non-hydrogen) atoms. The number of hydrogen-bond donors (Lipinski definition) is 2. The number of hydrogen-bond acceptors (Lipinski definition) is 6. The van der Waals surface area contributed by atoms with E-state index in [2.05, 4.69) is 20.8 Å². The number of carbonyl (C=O) groups is 2. The van der Waals surface area contributed by atoms with Gasteiger partial charge in [-0.05, 0) is 86.5 Å². The lowest BCUT2D eigenvalue weighted by molar-refractivity contribution is -0.131. The predicted molar refractivity (Wildman–Crippen MR) is 143 cm³/mol. The molecule has 1 aliphatic carbocycles. The van der Waals surface area contributed by atoms with Gasteiger partial charge in [-0.25, -0.2) is 4.39 Å². The third kappa shape index (κ3) is 5.17. The van der Waals surface area contributed by atoms with Gasteiger partial charge in [-0.15, -0.1) is 0 Å². The van der Waals surface area contributed by atoms with Crippen molar-refractivity contribution in [3.8, 4) is 11.5 Å². The summed E-state index contributed by atoms with van der Waals surface area (Å²) in [5, 5.41) is 10.3. The van der Waals surface area contributed by atoms with Gasteiger partial charge >= 0.3 is 0 Å². The van der Waals surface area contributed by atoms with Crippen LogP contribution in [0.2, 0.25) is 0 Å². The SMILES string of the molecule is CO/N=C(\C)c1ccc2c(Oc3ccc(NC(=O)C4(C(=O)Nc5ccc(F)cc5)CC4)cc3)ccnc2c1. The lowest BCUT2D eigenvalue weighted by Gasteiger charge is -2.16. The first-order chi connectivity index (χ1) is 18.4. The molecular weight excluding hydrogens is 487 g/mol. The molecule has 0 atom stereocenters. The molecule has 5 rings (SSSR count). The van der Waals surface area contributed by atoms with E-state index in [0.717, 1.165) is 22.2 Å². The zero-order valence-electron chi connectivity index (χ0n) is 20.8. The smallest absolute Gasteiger partial charge is 0.240 e. The molecule has 1 saturated carbocycles. The number of nitrogens with one attached hydrogen (secondary N) is 2. The largest absolute Gasteiger partial charge is 0.457 e. The number of aromatic nitrogens is 1. The fraction of sp³-hybridized carbons (Fsp3) is 0.172. The van der Waals surface area contributed by atoms with Crippen LogP contribution in [0.3, 0.4) is 0 Å². The average molecular weight is 513 g/mol. The normalized spacial score (nSPS) is 14.0. The molecule has 3 aromatic carbocycles. The van der Waals surface area contributed by atoms with Gasteiger partial charge in [-0.3, -0.25) is 14.6 Å². The topological polar surface area (TPSA) is 102 Å². The van der Waals surface area contributed by atoms with Gasteiger partial charge in [0.05, 0.1) is 11.2 Å². The van der Waals surface area contributed by atoms with Crippen LogP contribution in [-0.2, 0) is 14.4 Å². The number of nitrogens with zero attached hydrogens (tertiary/aromatic N) is 2. The molecule has 1 aliphatic rings. The second-order valence-corrected chi connectivity index (χ2v) is 9.02. The summed E-state index contributed by atoms with van der Waals surface area (Å²) in [6, 6.07) is 19.9. The summed E-state index contributed by atoms with van der Waals surface area (Å²) in [6.45, 7) is 1.86. The molecule has 4 aromatic rings. The first-order valence-corrected chi connectivity index (χ1v) is 12.0. The minimum absolute atomic E-state index is 0.381. The predicted octanol–water partition coefficient (Wildman–Crippen LogP) is 5.89. The van der Waals surface area contributed by atoms with Crippen molar-refractivity contribution in [2.75, 3.05) is 17.7 Å².